The lowest BCUT2D eigenvalue weighted by molar-refractivity contribution is -0.294. The average molecular weight is 262 g/mol. The summed E-state index contributed by atoms with van der Waals surface area (Å²) in [5.74, 6) is -2.28. The van der Waals surface area contributed by atoms with Crippen LogP contribution in [0.3, 0.4) is 0 Å². The van der Waals surface area contributed by atoms with Crippen LogP contribution >= 0.6 is 0 Å². The van der Waals surface area contributed by atoms with Crippen molar-refractivity contribution in [3.63, 3.8) is 0 Å². The Labute approximate surface area is 101 Å². The molecule has 0 bridgehead atoms. The van der Waals surface area contributed by atoms with E-state index in [2.05, 4.69) is 5.10 Å². The van der Waals surface area contributed by atoms with Crippen LogP contribution in [0.4, 0.5) is 4.79 Å². The number of aliphatic hydroxyl groups excluding tert-OH is 3. The Bertz CT molecular complexity index is 379. The molecule has 10 heteroatoms. The van der Waals surface area contributed by atoms with Gasteiger partial charge in [0.05, 0.1) is 6.61 Å². The predicted molar refractivity (Wildman–Crippen MR) is 55.5 cm³/mol. The maximum absolute atomic E-state index is 10.9. The normalized spacial score (nSPS) is 39.7. The smallest absolute Gasteiger partial charge is 0.336 e. The van der Waals surface area contributed by atoms with E-state index in [1.54, 1.807) is 0 Å². The van der Waals surface area contributed by atoms with Crippen molar-refractivity contribution in [1.29, 1.82) is 0 Å². The first-order valence-corrected chi connectivity index (χ1v) is 5.15. The van der Waals surface area contributed by atoms with Crippen LogP contribution in [0.1, 0.15) is 0 Å². The summed E-state index contributed by atoms with van der Waals surface area (Å²) in [5, 5.41) is 42.8. The Balaban J connectivity index is 2.14. The quantitative estimate of drug-likeness (QED) is 0.344. The maximum atomic E-state index is 10.9. The van der Waals surface area contributed by atoms with Crippen molar-refractivity contribution in [3.05, 3.63) is 0 Å². The van der Waals surface area contributed by atoms with Gasteiger partial charge in [0.1, 0.15) is 25.2 Å². The van der Waals surface area contributed by atoms with Crippen LogP contribution in [0.5, 0.6) is 0 Å². The minimum absolute atomic E-state index is 0.242. The van der Waals surface area contributed by atoms with Crippen LogP contribution in [0.2, 0.25) is 0 Å². The van der Waals surface area contributed by atoms with Gasteiger partial charge in [0, 0.05) is 0 Å². The second-order valence-corrected chi connectivity index (χ2v) is 4.01. The molecule has 10 nitrogen and oxygen atoms in total. The van der Waals surface area contributed by atoms with E-state index in [0.717, 1.165) is 16.2 Å². The molecule has 1 saturated heterocycles. The highest BCUT2D eigenvalue weighted by Gasteiger charge is 2.57. The summed E-state index contributed by atoms with van der Waals surface area (Å²) in [6.07, 6.45) is -3.24. The minimum Gasteiger partial charge on any atom is -0.394 e. The number of nitrogens with two attached hydrogens (primary N) is 1. The second kappa shape index (κ2) is 4.33. The molecule has 4 atom stereocenters. The number of ether oxygens (including phenoxy) is 1. The lowest BCUT2D eigenvalue weighted by Gasteiger charge is -2.34. The maximum Gasteiger partial charge on any atom is 0.336 e. The minimum atomic E-state index is -2.28. The third-order valence-electron chi connectivity index (χ3n) is 2.88. The lowest BCUT2D eigenvalue weighted by atomic mass is 10.1. The molecule has 0 radical (unpaired) electrons. The molecule has 1 fully saturated rings. The largest absolute Gasteiger partial charge is 0.394 e. The molecule has 2 aliphatic rings. The molecule has 0 aromatic carbocycles. The van der Waals surface area contributed by atoms with E-state index < -0.39 is 36.9 Å². The predicted octanol–water partition coefficient (Wildman–Crippen LogP) is -3.66. The average Bonchev–Trinajstić information content (AvgIpc) is 2.90. The molecule has 2 amide bonds. The fourth-order valence-electron chi connectivity index (χ4n) is 1.82. The van der Waals surface area contributed by atoms with Gasteiger partial charge in [-0.05, 0) is 0 Å². The standard InChI is InChI=1S/C8H14N4O6/c9-7(16)12-3-11(2-10-12)8(17)6(15)5(14)4(1-13)18-8/h2,4-6,13-15,17H,1,3H2,(H2,9,16)/t4-,5-,6-,8-/m1/s1. The molecule has 102 valence electrons. The van der Waals surface area contributed by atoms with Crippen molar-refractivity contribution in [2.24, 2.45) is 10.8 Å². The first kappa shape index (κ1) is 13.0. The second-order valence-electron chi connectivity index (χ2n) is 4.01. The Kier molecular flexibility index (Phi) is 3.12. The van der Waals surface area contributed by atoms with E-state index in [-0.39, 0.29) is 6.67 Å². The van der Waals surface area contributed by atoms with Gasteiger partial charge >= 0.3 is 6.03 Å². The molecule has 18 heavy (non-hydrogen) atoms. The number of amides is 2. The molecule has 0 spiro atoms. The molecule has 0 aliphatic carbocycles. The fourth-order valence-corrected chi connectivity index (χ4v) is 1.82. The number of urea groups is 1. The zero-order valence-electron chi connectivity index (χ0n) is 9.25. The van der Waals surface area contributed by atoms with Crippen LogP contribution in [0.15, 0.2) is 5.10 Å². The number of carbonyl (C=O) groups is 1. The Morgan fingerprint density at radius 1 is 1.61 bits per heavy atom. The first-order chi connectivity index (χ1) is 8.40. The summed E-state index contributed by atoms with van der Waals surface area (Å²) < 4.78 is 5.00. The third kappa shape index (κ3) is 1.79. The molecular weight excluding hydrogens is 248 g/mol. The summed E-state index contributed by atoms with van der Waals surface area (Å²) >= 11 is 0. The molecule has 0 aromatic rings. The van der Waals surface area contributed by atoms with E-state index in [4.69, 9.17) is 15.6 Å². The number of rotatable bonds is 2. The van der Waals surface area contributed by atoms with E-state index in [9.17, 15) is 20.1 Å². The Morgan fingerprint density at radius 3 is 2.72 bits per heavy atom. The van der Waals surface area contributed by atoms with E-state index >= 15 is 0 Å². The highest BCUT2D eigenvalue weighted by molar-refractivity contribution is 5.74. The summed E-state index contributed by atoms with van der Waals surface area (Å²) in [7, 11) is 0. The number of aliphatic hydroxyl groups is 4. The zero-order valence-corrected chi connectivity index (χ0v) is 9.25. The topological polar surface area (TPSA) is 152 Å². The number of hydrazone groups is 1. The highest BCUT2D eigenvalue weighted by atomic mass is 16.7. The van der Waals surface area contributed by atoms with Crippen molar-refractivity contribution in [2.75, 3.05) is 13.3 Å². The van der Waals surface area contributed by atoms with E-state index in [0.29, 0.717) is 0 Å². The van der Waals surface area contributed by atoms with Crippen LogP contribution in [0.25, 0.3) is 0 Å². The molecule has 2 heterocycles. The lowest BCUT2D eigenvalue weighted by Crippen LogP contribution is -2.57. The number of hydrogen-bond donors (Lipinski definition) is 5. The van der Waals surface area contributed by atoms with Crippen LogP contribution in [-0.2, 0) is 4.74 Å². The molecule has 2 aliphatic heterocycles. The van der Waals surface area contributed by atoms with Crippen molar-refractivity contribution < 1.29 is 30.0 Å². The van der Waals surface area contributed by atoms with Crippen molar-refractivity contribution >= 4 is 12.4 Å². The van der Waals surface area contributed by atoms with Gasteiger partial charge in [0.2, 0.25) is 0 Å². The SMILES string of the molecule is NC(=O)N1CN([C@]2(O)O[C@H](CO)[C@@H](O)[C@H]2O)C=N1. The molecule has 0 saturated carbocycles. The summed E-state index contributed by atoms with van der Waals surface area (Å²) in [5.41, 5.74) is 4.99. The number of primary amides is 1. The van der Waals surface area contributed by atoms with Gasteiger partial charge in [-0.1, -0.05) is 0 Å². The van der Waals surface area contributed by atoms with Gasteiger partial charge < -0.3 is 30.9 Å². The molecule has 6 N–H and O–H groups in total. The van der Waals surface area contributed by atoms with Gasteiger partial charge in [-0.3, -0.25) is 4.90 Å². The summed E-state index contributed by atoms with van der Waals surface area (Å²) in [4.78, 5) is 11.9. The molecule has 0 aromatic heterocycles. The monoisotopic (exact) mass is 262 g/mol. The van der Waals surface area contributed by atoms with Gasteiger partial charge in [-0.15, -0.1) is 0 Å². The van der Waals surface area contributed by atoms with Gasteiger partial charge in [0.15, 0.2) is 6.10 Å². The Morgan fingerprint density at radius 2 is 2.28 bits per heavy atom. The van der Waals surface area contributed by atoms with Crippen molar-refractivity contribution in [2.45, 2.75) is 24.2 Å². The van der Waals surface area contributed by atoms with Crippen LogP contribution < -0.4 is 5.73 Å². The van der Waals surface area contributed by atoms with Crippen LogP contribution in [-0.4, -0.2) is 80.2 Å². The molecule has 0 unspecified atom stereocenters. The van der Waals surface area contributed by atoms with Crippen molar-refractivity contribution in [1.82, 2.24) is 9.91 Å². The molecular formula is C8H14N4O6. The summed E-state index contributed by atoms with van der Waals surface area (Å²) in [6.45, 7) is -0.821. The number of nitrogens with zero attached hydrogens (tertiary/aromatic N) is 3. The van der Waals surface area contributed by atoms with Crippen molar-refractivity contribution in [3.8, 4) is 0 Å². The van der Waals surface area contributed by atoms with E-state index in [1.165, 1.54) is 0 Å². The first-order valence-electron chi connectivity index (χ1n) is 5.15. The number of carbonyl (C=O) groups excluding carboxylic acids is 1. The molecule has 2 rings (SSSR count). The Hall–Kier alpha value is -1.46. The third-order valence-corrected chi connectivity index (χ3v) is 2.88. The fraction of sp³-hybridized carbons (Fsp3) is 0.750. The van der Waals surface area contributed by atoms with Crippen LogP contribution in [0, 0.1) is 0 Å². The van der Waals surface area contributed by atoms with Gasteiger partial charge in [-0.25, -0.2) is 4.79 Å². The summed E-state index contributed by atoms with van der Waals surface area (Å²) in [6, 6.07) is -0.843. The van der Waals surface area contributed by atoms with E-state index in [1.807, 2.05) is 0 Å². The zero-order chi connectivity index (χ0) is 13.5. The van der Waals surface area contributed by atoms with Gasteiger partial charge in [0.25, 0.3) is 5.91 Å². The van der Waals surface area contributed by atoms with Gasteiger partial charge in [-0.2, -0.15) is 10.1 Å². The number of hydrogen-bond acceptors (Lipinski definition) is 8. The highest BCUT2D eigenvalue weighted by Crippen LogP contribution is 2.32.